The number of aromatic amines is 2. The Balaban J connectivity index is 1.58. The number of nitrogens with one attached hydrogen (secondary N) is 2. The second-order valence-electron chi connectivity index (χ2n) is 8.60. The highest BCUT2D eigenvalue weighted by atomic mass is 16.2. The minimum Gasteiger partial charge on any atom is -0.355 e. The summed E-state index contributed by atoms with van der Waals surface area (Å²) >= 11 is 0. The molecule has 5 aromatic rings. The first kappa shape index (κ1) is 17.6. The number of imidazole rings is 1. The maximum Gasteiger partial charge on any atom is 0.263 e. The lowest BCUT2D eigenvalue weighted by Crippen LogP contribution is -2.57. The zero-order chi connectivity index (χ0) is 21.4. The number of carbonyl (C=O) groups is 1. The quantitative estimate of drug-likeness (QED) is 0.425. The summed E-state index contributed by atoms with van der Waals surface area (Å²) in [7, 11) is 1.86. The van der Waals surface area contributed by atoms with E-state index < -0.39 is 5.54 Å². The van der Waals surface area contributed by atoms with E-state index in [0.29, 0.717) is 12.5 Å². The molecule has 32 heavy (non-hydrogen) atoms. The standard InChI is InChI=1S/C26H21N5O/c1-30-22-13-7-3-9-18(22)26(24(30)32)23-17(16-8-2-4-10-19(16)27-23)14-15-31(26)25-28-20-11-5-6-12-21(20)29-25/h2-13,27H,14-15H2,1H3,(H,28,29)/t26-/m0/s1. The molecule has 0 radical (unpaired) electrons. The Morgan fingerprint density at radius 2 is 1.66 bits per heavy atom. The zero-order valence-corrected chi connectivity index (χ0v) is 17.6. The number of likely N-dealkylation sites (N-methyl/N-ethyl adjacent to an activating group) is 1. The Morgan fingerprint density at radius 1 is 0.906 bits per heavy atom. The molecule has 1 spiro atoms. The van der Waals surface area contributed by atoms with Crippen molar-refractivity contribution in [2.75, 3.05) is 23.4 Å². The van der Waals surface area contributed by atoms with Gasteiger partial charge < -0.3 is 19.8 Å². The van der Waals surface area contributed by atoms with E-state index in [0.717, 1.165) is 39.9 Å². The van der Waals surface area contributed by atoms with Crippen LogP contribution in [-0.2, 0) is 16.8 Å². The smallest absolute Gasteiger partial charge is 0.263 e. The van der Waals surface area contributed by atoms with Gasteiger partial charge in [0.25, 0.3) is 5.91 Å². The Bertz CT molecular complexity index is 1510. The molecular formula is C26H21N5O. The molecule has 2 N–H and O–H groups in total. The molecule has 156 valence electrons. The van der Waals surface area contributed by atoms with Crippen LogP contribution in [0.5, 0.6) is 0 Å². The largest absolute Gasteiger partial charge is 0.355 e. The molecule has 6 nitrogen and oxygen atoms in total. The molecular weight excluding hydrogens is 398 g/mol. The van der Waals surface area contributed by atoms with Crippen molar-refractivity contribution in [3.63, 3.8) is 0 Å². The van der Waals surface area contributed by atoms with Crippen LogP contribution in [0.3, 0.4) is 0 Å². The van der Waals surface area contributed by atoms with Crippen LogP contribution in [0.25, 0.3) is 21.9 Å². The number of amides is 1. The SMILES string of the molecule is CN1C(=O)[C@]2(c3ccccc31)c1[nH]c3ccccc3c1CCN2c1nc2ccccc2[nH]1. The molecule has 4 heterocycles. The van der Waals surface area contributed by atoms with Crippen molar-refractivity contribution < 1.29 is 4.79 Å². The highest BCUT2D eigenvalue weighted by Gasteiger charge is 2.59. The number of para-hydroxylation sites is 4. The van der Waals surface area contributed by atoms with Gasteiger partial charge in [0.15, 0.2) is 5.54 Å². The van der Waals surface area contributed by atoms with Gasteiger partial charge in [0.05, 0.1) is 16.7 Å². The molecule has 6 heteroatoms. The van der Waals surface area contributed by atoms with Crippen molar-refractivity contribution in [2.45, 2.75) is 12.0 Å². The van der Waals surface area contributed by atoms with E-state index in [1.165, 1.54) is 10.9 Å². The number of hydrogen-bond donors (Lipinski definition) is 2. The monoisotopic (exact) mass is 419 g/mol. The van der Waals surface area contributed by atoms with E-state index >= 15 is 0 Å². The van der Waals surface area contributed by atoms with Crippen LogP contribution < -0.4 is 9.80 Å². The number of nitrogens with zero attached hydrogens (tertiary/aromatic N) is 3. The number of carbonyl (C=O) groups excluding carboxylic acids is 1. The minimum absolute atomic E-state index is 0.0339. The second-order valence-corrected chi connectivity index (χ2v) is 8.60. The van der Waals surface area contributed by atoms with Crippen LogP contribution in [0.2, 0.25) is 0 Å². The van der Waals surface area contributed by atoms with E-state index in [4.69, 9.17) is 4.98 Å². The number of fused-ring (bicyclic) bond motifs is 7. The fourth-order valence-electron chi connectivity index (χ4n) is 5.67. The number of aromatic nitrogens is 3. The maximum absolute atomic E-state index is 14.2. The molecule has 1 atom stereocenters. The topological polar surface area (TPSA) is 68.0 Å². The number of H-pyrrole nitrogens is 2. The number of rotatable bonds is 1. The third kappa shape index (κ3) is 1.99. The molecule has 2 aromatic heterocycles. The van der Waals surface area contributed by atoms with E-state index in [2.05, 4.69) is 39.1 Å². The van der Waals surface area contributed by atoms with Gasteiger partial charge >= 0.3 is 0 Å². The third-order valence-electron chi connectivity index (χ3n) is 7.07. The van der Waals surface area contributed by atoms with Crippen LogP contribution in [0.15, 0.2) is 72.8 Å². The molecule has 0 aliphatic carbocycles. The van der Waals surface area contributed by atoms with Crippen LogP contribution in [0.4, 0.5) is 11.6 Å². The van der Waals surface area contributed by atoms with E-state index in [-0.39, 0.29) is 5.91 Å². The highest BCUT2D eigenvalue weighted by molar-refractivity contribution is 6.13. The van der Waals surface area contributed by atoms with E-state index in [1.807, 2.05) is 55.6 Å². The summed E-state index contributed by atoms with van der Waals surface area (Å²) in [6.45, 7) is 0.683. The summed E-state index contributed by atoms with van der Waals surface area (Å²) in [4.78, 5) is 30.2. The summed E-state index contributed by atoms with van der Waals surface area (Å²) in [6.07, 6.45) is 0.831. The molecule has 0 saturated heterocycles. The molecule has 0 unspecified atom stereocenters. The summed E-state index contributed by atoms with van der Waals surface area (Å²) in [5.41, 5.74) is 6.01. The molecule has 0 bridgehead atoms. The molecule has 0 fully saturated rings. The van der Waals surface area contributed by atoms with Crippen molar-refractivity contribution in [2.24, 2.45) is 0 Å². The first-order valence-electron chi connectivity index (χ1n) is 10.9. The Hall–Kier alpha value is -4.06. The lowest BCUT2D eigenvalue weighted by Gasteiger charge is -2.43. The average molecular weight is 419 g/mol. The van der Waals surface area contributed by atoms with Crippen molar-refractivity contribution in [1.82, 2.24) is 15.0 Å². The van der Waals surface area contributed by atoms with Gasteiger partial charge in [-0.15, -0.1) is 0 Å². The van der Waals surface area contributed by atoms with Crippen LogP contribution >= 0.6 is 0 Å². The first-order valence-corrected chi connectivity index (χ1v) is 10.9. The van der Waals surface area contributed by atoms with Crippen molar-refractivity contribution in [1.29, 1.82) is 0 Å². The van der Waals surface area contributed by atoms with E-state index in [1.54, 1.807) is 4.90 Å². The second kappa shape index (κ2) is 6.01. The lowest BCUT2D eigenvalue weighted by molar-refractivity contribution is -0.121. The van der Waals surface area contributed by atoms with Gasteiger partial charge in [-0.25, -0.2) is 4.98 Å². The first-order chi connectivity index (χ1) is 15.7. The summed E-state index contributed by atoms with van der Waals surface area (Å²) < 4.78 is 0. The fraction of sp³-hybridized carbons (Fsp3) is 0.154. The summed E-state index contributed by atoms with van der Waals surface area (Å²) in [6, 6.07) is 24.4. The molecule has 7 rings (SSSR count). The van der Waals surface area contributed by atoms with Gasteiger partial charge in [-0.3, -0.25) is 4.79 Å². The molecule has 0 saturated carbocycles. The minimum atomic E-state index is -0.994. The van der Waals surface area contributed by atoms with Gasteiger partial charge in [0, 0.05) is 35.7 Å². The molecule has 1 amide bonds. The van der Waals surface area contributed by atoms with Gasteiger partial charge in [-0.2, -0.15) is 0 Å². The number of benzene rings is 3. The Kier molecular flexibility index (Phi) is 3.30. The van der Waals surface area contributed by atoms with Gasteiger partial charge in [-0.1, -0.05) is 48.5 Å². The van der Waals surface area contributed by atoms with Crippen LogP contribution in [0, 0.1) is 0 Å². The van der Waals surface area contributed by atoms with Gasteiger partial charge in [0.1, 0.15) is 0 Å². The highest BCUT2D eigenvalue weighted by Crippen LogP contribution is 2.52. The van der Waals surface area contributed by atoms with Crippen LogP contribution in [0.1, 0.15) is 16.8 Å². The Labute approximate surface area is 184 Å². The zero-order valence-electron chi connectivity index (χ0n) is 17.6. The molecule has 3 aromatic carbocycles. The summed E-state index contributed by atoms with van der Waals surface area (Å²) in [5.74, 6) is 0.751. The Morgan fingerprint density at radius 3 is 2.53 bits per heavy atom. The third-order valence-corrected chi connectivity index (χ3v) is 7.07. The van der Waals surface area contributed by atoms with Gasteiger partial charge in [0.2, 0.25) is 5.95 Å². The number of anilines is 2. The van der Waals surface area contributed by atoms with Gasteiger partial charge in [-0.05, 0) is 36.2 Å². The fourth-order valence-corrected chi connectivity index (χ4v) is 5.67. The predicted octanol–water partition coefficient (Wildman–Crippen LogP) is 4.33. The van der Waals surface area contributed by atoms with Crippen molar-refractivity contribution in [3.05, 3.63) is 89.6 Å². The summed E-state index contributed by atoms with van der Waals surface area (Å²) in [5, 5.41) is 1.19. The molecule has 2 aliphatic heterocycles. The van der Waals surface area contributed by atoms with Crippen molar-refractivity contribution in [3.8, 4) is 0 Å². The van der Waals surface area contributed by atoms with Crippen molar-refractivity contribution >= 4 is 39.5 Å². The maximum atomic E-state index is 14.2. The normalized spacial score (nSPS) is 19.8. The molecule has 2 aliphatic rings. The number of hydrogen-bond acceptors (Lipinski definition) is 3. The van der Waals surface area contributed by atoms with E-state index in [9.17, 15) is 4.79 Å². The van der Waals surface area contributed by atoms with Crippen LogP contribution in [-0.4, -0.2) is 34.5 Å². The average Bonchev–Trinajstić information content (AvgIpc) is 3.49. The predicted molar refractivity (Wildman–Crippen MR) is 126 cm³/mol. The lowest BCUT2D eigenvalue weighted by atomic mass is 9.80.